The van der Waals surface area contributed by atoms with Gasteiger partial charge in [-0.25, -0.2) is 14.6 Å². The maximum atomic E-state index is 11.6. The molecule has 9 heteroatoms. The van der Waals surface area contributed by atoms with Crippen LogP contribution in [0, 0.1) is 6.92 Å². The Morgan fingerprint density at radius 3 is 2.71 bits per heavy atom. The van der Waals surface area contributed by atoms with Gasteiger partial charge in [-0.3, -0.25) is 4.79 Å². The Morgan fingerprint density at radius 2 is 2.19 bits per heavy atom. The molecule has 116 valence electrons. The van der Waals surface area contributed by atoms with Crippen LogP contribution in [0.3, 0.4) is 0 Å². The van der Waals surface area contributed by atoms with Crippen LogP contribution >= 0.6 is 11.3 Å². The molecule has 1 rings (SSSR count). The molecule has 0 aliphatic heterocycles. The van der Waals surface area contributed by atoms with E-state index < -0.39 is 24.0 Å². The van der Waals surface area contributed by atoms with Crippen LogP contribution in [-0.2, 0) is 20.9 Å². The Bertz CT molecular complexity index is 517. The Labute approximate surface area is 125 Å². The van der Waals surface area contributed by atoms with E-state index in [1.165, 1.54) is 18.4 Å². The van der Waals surface area contributed by atoms with Gasteiger partial charge < -0.3 is 20.5 Å². The summed E-state index contributed by atoms with van der Waals surface area (Å²) in [5.41, 5.74) is 0.703. The van der Waals surface area contributed by atoms with Gasteiger partial charge in [-0.05, 0) is 13.3 Å². The van der Waals surface area contributed by atoms with Crippen molar-refractivity contribution in [2.24, 2.45) is 0 Å². The highest BCUT2D eigenvalue weighted by Gasteiger charge is 2.21. The quantitative estimate of drug-likeness (QED) is 0.636. The van der Waals surface area contributed by atoms with Crippen LogP contribution in [0.4, 0.5) is 4.79 Å². The number of amides is 2. The molecular weight excluding hydrogens is 298 g/mol. The molecule has 1 aromatic heterocycles. The van der Waals surface area contributed by atoms with E-state index in [1.807, 2.05) is 12.3 Å². The maximum Gasteiger partial charge on any atom is 0.326 e. The number of nitrogens with zero attached hydrogens (tertiary/aromatic N) is 1. The van der Waals surface area contributed by atoms with Crippen molar-refractivity contribution in [3.05, 3.63) is 16.1 Å². The molecule has 1 atom stereocenters. The van der Waals surface area contributed by atoms with Gasteiger partial charge in [0, 0.05) is 11.8 Å². The SMILES string of the molecule is COC(=O)CC[C@H](NC(=O)NCc1csc(C)n1)C(=O)O. The molecule has 0 radical (unpaired) electrons. The Hall–Kier alpha value is -2.16. The number of carbonyl (C=O) groups excluding carboxylic acids is 2. The molecule has 0 aliphatic carbocycles. The van der Waals surface area contributed by atoms with Crippen LogP contribution in [0.15, 0.2) is 5.38 Å². The first kappa shape index (κ1) is 16.9. The number of aryl methyl sites for hydroxylation is 1. The molecule has 3 N–H and O–H groups in total. The van der Waals surface area contributed by atoms with Crippen molar-refractivity contribution in [1.29, 1.82) is 0 Å². The summed E-state index contributed by atoms with van der Waals surface area (Å²) in [6.45, 7) is 2.06. The second kappa shape index (κ2) is 8.20. The van der Waals surface area contributed by atoms with Gasteiger partial charge in [-0.2, -0.15) is 0 Å². The minimum atomic E-state index is -1.21. The summed E-state index contributed by atoms with van der Waals surface area (Å²) >= 11 is 1.46. The van der Waals surface area contributed by atoms with Crippen LogP contribution in [0.5, 0.6) is 0 Å². The van der Waals surface area contributed by atoms with E-state index in [4.69, 9.17) is 5.11 Å². The third-order valence-electron chi connectivity index (χ3n) is 2.56. The molecule has 2 amide bonds. The van der Waals surface area contributed by atoms with Gasteiger partial charge in [-0.1, -0.05) is 0 Å². The number of ether oxygens (including phenoxy) is 1. The number of carboxylic acids is 1. The van der Waals surface area contributed by atoms with E-state index in [9.17, 15) is 14.4 Å². The van der Waals surface area contributed by atoms with Crippen molar-refractivity contribution in [2.45, 2.75) is 32.4 Å². The molecule has 21 heavy (non-hydrogen) atoms. The molecule has 0 bridgehead atoms. The van der Waals surface area contributed by atoms with Gasteiger partial charge in [0.1, 0.15) is 6.04 Å². The Morgan fingerprint density at radius 1 is 1.48 bits per heavy atom. The first-order chi connectivity index (χ1) is 9.92. The average Bonchev–Trinajstić information content (AvgIpc) is 2.86. The van der Waals surface area contributed by atoms with E-state index in [2.05, 4.69) is 20.4 Å². The molecule has 1 heterocycles. The largest absolute Gasteiger partial charge is 0.480 e. The third-order valence-corrected chi connectivity index (χ3v) is 3.39. The van der Waals surface area contributed by atoms with E-state index >= 15 is 0 Å². The van der Waals surface area contributed by atoms with Crippen LogP contribution in [0.25, 0.3) is 0 Å². The highest BCUT2D eigenvalue weighted by Crippen LogP contribution is 2.07. The number of methoxy groups -OCH3 is 1. The third kappa shape index (κ3) is 6.21. The number of nitrogens with one attached hydrogen (secondary N) is 2. The number of aromatic nitrogens is 1. The lowest BCUT2D eigenvalue weighted by Gasteiger charge is -2.14. The average molecular weight is 315 g/mol. The van der Waals surface area contributed by atoms with Crippen molar-refractivity contribution in [3.63, 3.8) is 0 Å². The predicted molar refractivity (Wildman–Crippen MR) is 74.9 cm³/mol. The lowest BCUT2D eigenvalue weighted by Crippen LogP contribution is -2.46. The lowest BCUT2D eigenvalue weighted by atomic mass is 10.1. The van der Waals surface area contributed by atoms with Crippen LogP contribution in [-0.4, -0.2) is 41.2 Å². The molecule has 0 fully saturated rings. The van der Waals surface area contributed by atoms with Gasteiger partial charge in [0.2, 0.25) is 0 Å². The number of hydrogen-bond donors (Lipinski definition) is 3. The fourth-order valence-corrected chi connectivity index (χ4v) is 2.10. The van der Waals surface area contributed by atoms with Crippen molar-refractivity contribution < 1.29 is 24.2 Å². The molecular formula is C12H17N3O5S. The molecule has 0 spiro atoms. The topological polar surface area (TPSA) is 118 Å². The van der Waals surface area contributed by atoms with E-state index in [-0.39, 0.29) is 19.4 Å². The monoisotopic (exact) mass is 315 g/mol. The Balaban J connectivity index is 2.41. The van der Waals surface area contributed by atoms with Gasteiger partial charge in [0.05, 0.1) is 24.4 Å². The maximum absolute atomic E-state index is 11.6. The lowest BCUT2D eigenvalue weighted by molar-refractivity contribution is -0.142. The number of urea groups is 1. The zero-order valence-electron chi connectivity index (χ0n) is 11.7. The minimum absolute atomic E-state index is 0.0365. The van der Waals surface area contributed by atoms with Crippen molar-refractivity contribution in [3.8, 4) is 0 Å². The smallest absolute Gasteiger partial charge is 0.326 e. The summed E-state index contributed by atoms with van der Waals surface area (Å²) in [5.74, 6) is -1.74. The number of rotatable bonds is 7. The first-order valence-corrected chi connectivity index (χ1v) is 7.05. The van der Waals surface area contributed by atoms with E-state index in [0.29, 0.717) is 5.69 Å². The zero-order valence-corrected chi connectivity index (χ0v) is 12.5. The highest BCUT2D eigenvalue weighted by atomic mass is 32.1. The summed E-state index contributed by atoms with van der Waals surface area (Å²) < 4.78 is 4.43. The van der Waals surface area contributed by atoms with Crippen LogP contribution in [0.2, 0.25) is 0 Å². The van der Waals surface area contributed by atoms with Gasteiger partial charge >= 0.3 is 18.0 Å². The van der Waals surface area contributed by atoms with Crippen LogP contribution in [0.1, 0.15) is 23.5 Å². The second-order valence-electron chi connectivity index (χ2n) is 4.19. The number of thiazole rings is 1. The van der Waals surface area contributed by atoms with Crippen molar-refractivity contribution >= 4 is 29.3 Å². The highest BCUT2D eigenvalue weighted by molar-refractivity contribution is 7.09. The number of hydrogen-bond acceptors (Lipinski definition) is 6. The van der Waals surface area contributed by atoms with Crippen molar-refractivity contribution in [2.75, 3.05) is 7.11 Å². The molecule has 0 aliphatic rings. The molecule has 8 nitrogen and oxygen atoms in total. The second-order valence-corrected chi connectivity index (χ2v) is 5.25. The predicted octanol–water partition coefficient (Wildman–Crippen LogP) is 0.657. The normalized spacial score (nSPS) is 11.5. The standard InChI is InChI=1S/C12H17N3O5S/c1-7-14-8(6-21-7)5-13-12(19)15-9(11(17)18)3-4-10(16)20-2/h6,9H,3-5H2,1-2H3,(H,17,18)(H2,13,15,19)/t9-/m0/s1. The summed E-state index contributed by atoms with van der Waals surface area (Å²) in [5, 5.41) is 16.5. The summed E-state index contributed by atoms with van der Waals surface area (Å²) in [7, 11) is 1.22. The van der Waals surface area contributed by atoms with Gasteiger partial charge in [-0.15, -0.1) is 11.3 Å². The minimum Gasteiger partial charge on any atom is -0.480 e. The zero-order chi connectivity index (χ0) is 15.8. The van der Waals surface area contributed by atoms with Gasteiger partial charge in [0.15, 0.2) is 0 Å². The fourth-order valence-electron chi connectivity index (χ4n) is 1.49. The van der Waals surface area contributed by atoms with E-state index in [0.717, 1.165) is 5.01 Å². The number of aliphatic carboxylic acids is 1. The fraction of sp³-hybridized carbons (Fsp3) is 0.500. The number of carbonyl (C=O) groups is 3. The summed E-state index contributed by atoms with van der Waals surface area (Å²) in [6, 6.07) is -1.78. The van der Waals surface area contributed by atoms with Crippen LogP contribution < -0.4 is 10.6 Å². The van der Waals surface area contributed by atoms with E-state index in [1.54, 1.807) is 0 Å². The Kier molecular flexibility index (Phi) is 6.60. The van der Waals surface area contributed by atoms with Crippen molar-refractivity contribution in [1.82, 2.24) is 15.6 Å². The summed E-state index contributed by atoms with van der Waals surface area (Å²) in [4.78, 5) is 37.8. The molecule has 1 aromatic rings. The molecule has 0 aromatic carbocycles. The first-order valence-electron chi connectivity index (χ1n) is 6.17. The van der Waals surface area contributed by atoms with Gasteiger partial charge in [0.25, 0.3) is 0 Å². The number of esters is 1. The number of carboxylic acid groups (broad SMARTS) is 1. The summed E-state index contributed by atoms with van der Waals surface area (Å²) in [6.07, 6.45) is -0.121. The molecule has 0 saturated carbocycles. The molecule has 0 unspecified atom stereocenters. The molecule has 0 saturated heterocycles.